The Kier molecular flexibility index (Phi) is 7.14. The normalized spacial score (nSPS) is 11.6. The quantitative estimate of drug-likeness (QED) is 0.390. The van der Waals surface area contributed by atoms with Crippen molar-refractivity contribution in [3.63, 3.8) is 0 Å². The standard InChI is InChI=1S/C19H18F3N3O3/c1-13(15-4-8-17(9-5-15)26-11-18(24)27-12-23)25-28-10-14-2-6-16(7-3-14)19(20,21)22/h2-9,12,23-24H,10-11H2,1H3. The first kappa shape index (κ1) is 20.9. The van der Waals surface area contributed by atoms with Crippen molar-refractivity contribution in [1.82, 2.24) is 0 Å². The molecular formula is C19H18F3N3O3. The average Bonchev–Trinajstić information content (AvgIpc) is 2.66. The van der Waals surface area contributed by atoms with E-state index in [1.807, 2.05) is 0 Å². The molecule has 148 valence electrons. The Morgan fingerprint density at radius 3 is 2.29 bits per heavy atom. The van der Waals surface area contributed by atoms with Crippen LogP contribution in [0.2, 0.25) is 0 Å². The number of nitrogens with zero attached hydrogens (tertiary/aromatic N) is 1. The molecule has 0 aliphatic heterocycles. The van der Waals surface area contributed by atoms with Crippen LogP contribution in [0.4, 0.5) is 13.2 Å². The molecule has 0 amide bonds. The van der Waals surface area contributed by atoms with Gasteiger partial charge >= 0.3 is 6.18 Å². The van der Waals surface area contributed by atoms with Gasteiger partial charge in [-0.2, -0.15) is 13.2 Å². The first-order valence-corrected chi connectivity index (χ1v) is 8.08. The molecule has 0 aliphatic carbocycles. The van der Waals surface area contributed by atoms with Crippen LogP contribution in [-0.4, -0.2) is 24.6 Å². The average molecular weight is 393 g/mol. The molecule has 2 N–H and O–H groups in total. The highest BCUT2D eigenvalue weighted by Crippen LogP contribution is 2.29. The van der Waals surface area contributed by atoms with Gasteiger partial charge in [-0.15, -0.1) is 0 Å². The van der Waals surface area contributed by atoms with Crippen molar-refractivity contribution in [1.29, 1.82) is 10.8 Å². The Morgan fingerprint density at radius 1 is 1.07 bits per heavy atom. The van der Waals surface area contributed by atoms with Gasteiger partial charge in [0.1, 0.15) is 12.4 Å². The lowest BCUT2D eigenvalue weighted by molar-refractivity contribution is -0.137. The van der Waals surface area contributed by atoms with Crippen LogP contribution in [0.5, 0.6) is 5.75 Å². The minimum absolute atomic E-state index is 0.0474. The molecule has 0 saturated heterocycles. The molecule has 2 rings (SSSR count). The number of halogens is 3. The summed E-state index contributed by atoms with van der Waals surface area (Å²) in [6, 6.07) is 11.6. The zero-order valence-corrected chi connectivity index (χ0v) is 14.9. The van der Waals surface area contributed by atoms with Crippen molar-refractivity contribution >= 4 is 18.0 Å². The van der Waals surface area contributed by atoms with Gasteiger partial charge in [0.2, 0.25) is 5.90 Å². The second-order valence-electron chi connectivity index (χ2n) is 5.62. The zero-order chi connectivity index (χ0) is 20.6. The van der Waals surface area contributed by atoms with Crippen LogP contribution in [0.15, 0.2) is 53.7 Å². The summed E-state index contributed by atoms with van der Waals surface area (Å²) in [5, 5.41) is 18.0. The fourth-order valence-corrected chi connectivity index (χ4v) is 2.09. The fourth-order valence-electron chi connectivity index (χ4n) is 2.09. The molecule has 0 heterocycles. The van der Waals surface area contributed by atoms with Gasteiger partial charge in [-0.25, -0.2) is 0 Å². The van der Waals surface area contributed by atoms with Gasteiger partial charge in [-0.3, -0.25) is 10.8 Å². The van der Waals surface area contributed by atoms with E-state index in [1.165, 1.54) is 12.1 Å². The summed E-state index contributed by atoms with van der Waals surface area (Å²) < 4.78 is 47.4. The lowest BCUT2D eigenvalue weighted by atomic mass is 10.1. The molecule has 28 heavy (non-hydrogen) atoms. The Morgan fingerprint density at radius 2 is 1.71 bits per heavy atom. The van der Waals surface area contributed by atoms with Crippen LogP contribution < -0.4 is 4.74 Å². The third kappa shape index (κ3) is 6.42. The number of hydrogen-bond acceptors (Lipinski definition) is 6. The maximum atomic E-state index is 12.5. The number of benzene rings is 2. The molecule has 0 spiro atoms. The maximum Gasteiger partial charge on any atom is 0.416 e. The molecule has 0 unspecified atom stereocenters. The molecule has 0 fully saturated rings. The maximum absolute atomic E-state index is 12.5. The summed E-state index contributed by atoms with van der Waals surface area (Å²) in [5.41, 5.74) is 1.21. The third-order valence-corrected chi connectivity index (χ3v) is 3.56. The SMILES string of the molecule is CC(=NOCc1ccc(C(F)(F)F)cc1)c1ccc(OCC(=N)OC=N)cc1. The van der Waals surface area contributed by atoms with Gasteiger partial charge in [0.15, 0.2) is 13.0 Å². The van der Waals surface area contributed by atoms with Gasteiger partial charge in [-0.1, -0.05) is 17.3 Å². The lowest BCUT2D eigenvalue weighted by Crippen LogP contribution is -2.12. The van der Waals surface area contributed by atoms with Crippen molar-refractivity contribution in [2.24, 2.45) is 5.16 Å². The minimum atomic E-state index is -4.36. The number of alkyl halides is 3. The van der Waals surface area contributed by atoms with Crippen LogP contribution >= 0.6 is 0 Å². The van der Waals surface area contributed by atoms with Crippen LogP contribution in [0.3, 0.4) is 0 Å². The van der Waals surface area contributed by atoms with E-state index in [2.05, 4.69) is 9.89 Å². The number of rotatable bonds is 8. The summed E-state index contributed by atoms with van der Waals surface area (Å²) >= 11 is 0. The van der Waals surface area contributed by atoms with Crippen molar-refractivity contribution in [2.45, 2.75) is 19.7 Å². The molecule has 9 heteroatoms. The number of oxime groups is 1. The first-order chi connectivity index (χ1) is 13.3. The van der Waals surface area contributed by atoms with Gasteiger partial charge in [-0.05, 0) is 54.4 Å². The van der Waals surface area contributed by atoms with E-state index in [1.54, 1.807) is 31.2 Å². The van der Waals surface area contributed by atoms with Crippen molar-refractivity contribution in [3.8, 4) is 5.75 Å². The topological polar surface area (TPSA) is 87.8 Å². The van der Waals surface area contributed by atoms with E-state index in [0.717, 1.165) is 17.7 Å². The van der Waals surface area contributed by atoms with Crippen LogP contribution in [0.1, 0.15) is 23.6 Å². The summed E-state index contributed by atoms with van der Waals surface area (Å²) in [7, 11) is 0. The number of nitrogens with one attached hydrogen (secondary N) is 2. The summed E-state index contributed by atoms with van der Waals surface area (Å²) in [6.07, 6.45) is -3.71. The Bertz CT molecular complexity index is 832. The molecule has 0 atom stereocenters. The number of hydrogen-bond donors (Lipinski definition) is 2. The highest BCUT2D eigenvalue weighted by Gasteiger charge is 2.29. The van der Waals surface area contributed by atoms with Gasteiger partial charge in [0.05, 0.1) is 11.3 Å². The Balaban J connectivity index is 1.87. The highest BCUT2D eigenvalue weighted by molar-refractivity contribution is 5.98. The first-order valence-electron chi connectivity index (χ1n) is 8.08. The van der Waals surface area contributed by atoms with Crippen LogP contribution in [-0.2, 0) is 22.4 Å². The minimum Gasteiger partial charge on any atom is -0.484 e. The van der Waals surface area contributed by atoms with E-state index in [0.29, 0.717) is 23.4 Å². The van der Waals surface area contributed by atoms with Crippen molar-refractivity contribution in [3.05, 3.63) is 65.2 Å². The molecule has 2 aromatic carbocycles. The fraction of sp³-hybridized carbons (Fsp3) is 0.211. The molecule has 0 aromatic heterocycles. The van der Waals surface area contributed by atoms with Crippen molar-refractivity contribution in [2.75, 3.05) is 6.61 Å². The van der Waals surface area contributed by atoms with E-state index < -0.39 is 11.7 Å². The van der Waals surface area contributed by atoms with Crippen LogP contribution in [0.25, 0.3) is 0 Å². The van der Waals surface area contributed by atoms with Gasteiger partial charge < -0.3 is 14.3 Å². The lowest BCUT2D eigenvalue weighted by Gasteiger charge is -2.08. The van der Waals surface area contributed by atoms with E-state index in [9.17, 15) is 13.2 Å². The predicted molar refractivity (Wildman–Crippen MR) is 98.0 cm³/mol. The number of ether oxygens (including phenoxy) is 2. The third-order valence-electron chi connectivity index (χ3n) is 3.56. The molecule has 0 radical (unpaired) electrons. The van der Waals surface area contributed by atoms with Crippen LogP contribution in [0, 0.1) is 10.8 Å². The molecule has 0 bridgehead atoms. The van der Waals surface area contributed by atoms with E-state index in [-0.39, 0.29) is 19.1 Å². The Hall–Kier alpha value is -3.36. The summed E-state index contributed by atoms with van der Waals surface area (Å²) in [4.78, 5) is 5.21. The molecule has 2 aromatic rings. The molecule has 0 saturated carbocycles. The highest BCUT2D eigenvalue weighted by atomic mass is 19.4. The van der Waals surface area contributed by atoms with Gasteiger partial charge in [0.25, 0.3) is 0 Å². The van der Waals surface area contributed by atoms with E-state index in [4.69, 9.17) is 20.4 Å². The molecule has 6 nitrogen and oxygen atoms in total. The predicted octanol–water partition coefficient (Wildman–Crippen LogP) is 4.63. The van der Waals surface area contributed by atoms with Gasteiger partial charge in [0, 0.05) is 0 Å². The smallest absolute Gasteiger partial charge is 0.416 e. The largest absolute Gasteiger partial charge is 0.484 e. The Labute approximate surface area is 159 Å². The second kappa shape index (κ2) is 9.54. The second-order valence-corrected chi connectivity index (χ2v) is 5.62. The zero-order valence-electron chi connectivity index (χ0n) is 14.9. The monoisotopic (exact) mass is 393 g/mol. The van der Waals surface area contributed by atoms with Crippen molar-refractivity contribution < 1.29 is 27.5 Å². The molecular weight excluding hydrogens is 375 g/mol. The summed E-state index contributed by atoms with van der Waals surface area (Å²) in [5.74, 6) is 0.328. The molecule has 0 aliphatic rings. The summed E-state index contributed by atoms with van der Waals surface area (Å²) in [6.45, 7) is 1.68. The van der Waals surface area contributed by atoms with E-state index >= 15 is 0 Å².